The molecular weight excluding hydrogens is 265 g/mol. The van der Waals surface area contributed by atoms with Crippen molar-refractivity contribution >= 4 is 28.6 Å². The Labute approximate surface area is 114 Å². The minimum atomic E-state index is -0.817. The number of thioether (sulfide) groups is 1. The van der Waals surface area contributed by atoms with E-state index in [2.05, 4.69) is 4.98 Å². The molecule has 1 unspecified atom stereocenters. The molecule has 1 aromatic heterocycles. The van der Waals surface area contributed by atoms with Crippen LogP contribution in [0, 0.1) is 5.82 Å². The van der Waals surface area contributed by atoms with E-state index in [4.69, 9.17) is 5.11 Å². The average molecular weight is 279 g/mol. The van der Waals surface area contributed by atoms with Gasteiger partial charge in [-0.1, -0.05) is 13.0 Å². The van der Waals surface area contributed by atoms with Crippen molar-refractivity contribution < 1.29 is 14.3 Å². The summed E-state index contributed by atoms with van der Waals surface area (Å²) in [5, 5.41) is 9.46. The number of carbonyl (C=O) groups is 1. The molecule has 0 saturated carbocycles. The van der Waals surface area contributed by atoms with E-state index in [9.17, 15) is 9.18 Å². The molecule has 0 spiro atoms. The van der Waals surface area contributed by atoms with Crippen LogP contribution in [0.4, 0.5) is 4.39 Å². The number of aromatic nitrogens is 1. The van der Waals surface area contributed by atoms with Crippen LogP contribution in [0.3, 0.4) is 0 Å². The molecule has 1 aromatic carbocycles. The molecular formula is C14H14FNO2S. The first-order chi connectivity index (χ1) is 9.06. The molecule has 0 amide bonds. The molecule has 1 N–H and O–H groups in total. The molecule has 0 aliphatic carbocycles. The molecule has 0 aliphatic heterocycles. The minimum Gasteiger partial charge on any atom is -0.481 e. The molecule has 2 aromatic rings. The lowest BCUT2D eigenvalue weighted by atomic mass is 10.1. The van der Waals surface area contributed by atoms with Crippen LogP contribution in [0.2, 0.25) is 0 Å². The first-order valence-corrected chi connectivity index (χ1v) is 6.97. The van der Waals surface area contributed by atoms with Crippen LogP contribution in [-0.4, -0.2) is 21.3 Å². The number of fused-ring (bicyclic) bond motifs is 1. The monoisotopic (exact) mass is 279 g/mol. The predicted molar refractivity (Wildman–Crippen MR) is 74.7 cm³/mol. The Balaban J connectivity index is 2.18. The highest BCUT2D eigenvalue weighted by Gasteiger charge is 2.11. The highest BCUT2D eigenvalue weighted by atomic mass is 32.2. The Morgan fingerprint density at radius 1 is 1.53 bits per heavy atom. The van der Waals surface area contributed by atoms with Gasteiger partial charge in [0, 0.05) is 22.6 Å². The smallest absolute Gasteiger partial charge is 0.304 e. The van der Waals surface area contributed by atoms with E-state index in [1.54, 1.807) is 12.3 Å². The summed E-state index contributed by atoms with van der Waals surface area (Å²) >= 11 is 1.49. The summed E-state index contributed by atoms with van der Waals surface area (Å²) in [7, 11) is 0. The van der Waals surface area contributed by atoms with Gasteiger partial charge < -0.3 is 5.11 Å². The maximum atomic E-state index is 13.5. The first-order valence-electron chi connectivity index (χ1n) is 5.93. The molecule has 1 heterocycles. The van der Waals surface area contributed by atoms with Gasteiger partial charge in [-0.05, 0) is 23.8 Å². The second-order valence-corrected chi connectivity index (χ2v) is 5.79. The molecule has 0 aliphatic rings. The summed E-state index contributed by atoms with van der Waals surface area (Å²) in [5.74, 6) is -0.552. The third kappa shape index (κ3) is 3.67. The zero-order chi connectivity index (χ0) is 13.8. The van der Waals surface area contributed by atoms with Gasteiger partial charge in [-0.2, -0.15) is 11.8 Å². The Morgan fingerprint density at radius 2 is 2.32 bits per heavy atom. The lowest BCUT2D eigenvalue weighted by Gasteiger charge is -2.10. The number of nitrogens with zero attached hydrogens (tertiary/aromatic N) is 1. The summed E-state index contributed by atoms with van der Waals surface area (Å²) in [5.41, 5.74) is 1.58. The molecule has 1 atom stereocenters. The summed E-state index contributed by atoms with van der Waals surface area (Å²) < 4.78 is 13.5. The second kappa shape index (κ2) is 6.02. The fourth-order valence-electron chi connectivity index (χ4n) is 1.87. The van der Waals surface area contributed by atoms with Crippen LogP contribution >= 0.6 is 11.8 Å². The Morgan fingerprint density at radius 3 is 3.05 bits per heavy atom. The topological polar surface area (TPSA) is 50.2 Å². The highest BCUT2D eigenvalue weighted by molar-refractivity contribution is 7.99. The maximum Gasteiger partial charge on any atom is 0.304 e. The van der Waals surface area contributed by atoms with Crippen molar-refractivity contribution in [2.24, 2.45) is 0 Å². The van der Waals surface area contributed by atoms with E-state index in [-0.39, 0.29) is 17.5 Å². The Bertz CT molecular complexity index is 603. The molecule has 0 fully saturated rings. The summed E-state index contributed by atoms with van der Waals surface area (Å²) in [6.07, 6.45) is 1.78. The molecule has 19 heavy (non-hydrogen) atoms. The number of aliphatic carboxylic acids is 1. The second-order valence-electron chi connectivity index (χ2n) is 4.36. The Hall–Kier alpha value is -1.62. The normalized spacial score (nSPS) is 12.5. The Kier molecular flexibility index (Phi) is 4.37. The first kappa shape index (κ1) is 13.8. The van der Waals surface area contributed by atoms with E-state index >= 15 is 0 Å². The lowest BCUT2D eigenvalue weighted by Crippen LogP contribution is -2.06. The van der Waals surface area contributed by atoms with Crippen molar-refractivity contribution in [3.8, 4) is 0 Å². The molecule has 0 saturated heterocycles. The van der Waals surface area contributed by atoms with Crippen LogP contribution in [0.15, 0.2) is 30.5 Å². The third-order valence-electron chi connectivity index (χ3n) is 2.73. The van der Waals surface area contributed by atoms with Crippen molar-refractivity contribution in [2.75, 3.05) is 0 Å². The van der Waals surface area contributed by atoms with Gasteiger partial charge >= 0.3 is 5.97 Å². The SMILES string of the molecule is CC(CC(=O)O)SCc1cc(F)cc2cccnc12. The van der Waals surface area contributed by atoms with Gasteiger partial charge in [0.2, 0.25) is 0 Å². The predicted octanol–water partition coefficient (Wildman–Crippen LogP) is 3.47. The largest absolute Gasteiger partial charge is 0.481 e. The van der Waals surface area contributed by atoms with E-state index < -0.39 is 5.97 Å². The zero-order valence-electron chi connectivity index (χ0n) is 10.5. The van der Waals surface area contributed by atoms with Gasteiger partial charge in [0.1, 0.15) is 5.82 Å². The van der Waals surface area contributed by atoms with E-state index in [1.807, 2.05) is 13.0 Å². The zero-order valence-corrected chi connectivity index (χ0v) is 11.3. The summed E-state index contributed by atoms with van der Waals surface area (Å²) in [6.45, 7) is 1.85. The number of hydrogen-bond acceptors (Lipinski definition) is 3. The fraction of sp³-hybridized carbons (Fsp3) is 0.286. The maximum absolute atomic E-state index is 13.5. The van der Waals surface area contributed by atoms with Gasteiger partial charge in [0.05, 0.1) is 11.9 Å². The molecule has 2 rings (SSSR count). The third-order valence-corrected chi connectivity index (χ3v) is 3.95. The fourth-order valence-corrected chi connectivity index (χ4v) is 2.82. The number of hydrogen-bond donors (Lipinski definition) is 1. The van der Waals surface area contributed by atoms with Crippen molar-refractivity contribution in [1.82, 2.24) is 4.98 Å². The standard InChI is InChI=1S/C14H14FNO2S/c1-9(5-13(17)18)19-8-11-7-12(15)6-10-3-2-4-16-14(10)11/h2-4,6-7,9H,5,8H2,1H3,(H,17,18). The number of pyridine rings is 1. The van der Waals surface area contributed by atoms with Crippen LogP contribution in [-0.2, 0) is 10.5 Å². The van der Waals surface area contributed by atoms with E-state index in [0.29, 0.717) is 5.75 Å². The van der Waals surface area contributed by atoms with Crippen molar-refractivity contribution in [1.29, 1.82) is 0 Å². The van der Waals surface area contributed by atoms with Crippen molar-refractivity contribution in [2.45, 2.75) is 24.3 Å². The van der Waals surface area contributed by atoms with Gasteiger partial charge in [0.25, 0.3) is 0 Å². The van der Waals surface area contributed by atoms with Crippen LogP contribution < -0.4 is 0 Å². The average Bonchev–Trinajstić information content (AvgIpc) is 2.35. The summed E-state index contributed by atoms with van der Waals surface area (Å²) in [6, 6.07) is 6.51. The summed E-state index contributed by atoms with van der Waals surface area (Å²) in [4.78, 5) is 14.9. The number of halogens is 1. The number of benzene rings is 1. The van der Waals surface area contributed by atoms with Crippen LogP contribution in [0.25, 0.3) is 10.9 Å². The quantitative estimate of drug-likeness (QED) is 0.910. The molecule has 0 radical (unpaired) electrons. The highest BCUT2D eigenvalue weighted by Crippen LogP contribution is 2.25. The number of rotatable bonds is 5. The molecule has 0 bridgehead atoms. The van der Waals surface area contributed by atoms with Gasteiger partial charge in [0.15, 0.2) is 0 Å². The molecule has 100 valence electrons. The van der Waals surface area contributed by atoms with E-state index in [1.165, 1.54) is 23.9 Å². The molecule has 5 heteroatoms. The van der Waals surface area contributed by atoms with Gasteiger partial charge in [-0.15, -0.1) is 0 Å². The molecule has 3 nitrogen and oxygen atoms in total. The van der Waals surface area contributed by atoms with Crippen molar-refractivity contribution in [3.63, 3.8) is 0 Å². The van der Waals surface area contributed by atoms with Crippen LogP contribution in [0.1, 0.15) is 18.9 Å². The number of carboxylic acid groups (broad SMARTS) is 1. The van der Waals surface area contributed by atoms with Gasteiger partial charge in [-0.3, -0.25) is 9.78 Å². The number of carboxylic acids is 1. The van der Waals surface area contributed by atoms with E-state index in [0.717, 1.165) is 16.5 Å². The lowest BCUT2D eigenvalue weighted by molar-refractivity contribution is -0.136. The van der Waals surface area contributed by atoms with Crippen molar-refractivity contribution in [3.05, 3.63) is 41.8 Å². The van der Waals surface area contributed by atoms with Gasteiger partial charge in [-0.25, -0.2) is 4.39 Å². The minimum absolute atomic E-state index is 0.0143. The van der Waals surface area contributed by atoms with Crippen LogP contribution in [0.5, 0.6) is 0 Å².